The molecular formula is C11H14ClN. The lowest BCUT2D eigenvalue weighted by Crippen LogP contribution is -2.09. The maximum absolute atomic E-state index is 6.05. The summed E-state index contributed by atoms with van der Waals surface area (Å²) >= 11 is 6.05. The van der Waals surface area contributed by atoms with Crippen LogP contribution in [0.3, 0.4) is 0 Å². The van der Waals surface area contributed by atoms with Gasteiger partial charge in [0.1, 0.15) is 0 Å². The molecule has 1 aromatic carbocycles. The van der Waals surface area contributed by atoms with Crippen LogP contribution in [0.1, 0.15) is 23.6 Å². The van der Waals surface area contributed by atoms with Crippen molar-refractivity contribution in [3.8, 4) is 0 Å². The molecule has 0 heterocycles. The highest BCUT2D eigenvalue weighted by Crippen LogP contribution is 2.24. The van der Waals surface area contributed by atoms with E-state index in [1.54, 1.807) is 6.08 Å². The Bertz CT molecular complexity index is 307. The van der Waals surface area contributed by atoms with Gasteiger partial charge in [-0.1, -0.05) is 29.8 Å². The van der Waals surface area contributed by atoms with Crippen LogP contribution in [0.4, 0.5) is 0 Å². The van der Waals surface area contributed by atoms with E-state index in [0.717, 1.165) is 22.6 Å². The predicted molar refractivity (Wildman–Crippen MR) is 57.9 cm³/mol. The molecule has 0 unspecified atom stereocenters. The zero-order valence-corrected chi connectivity index (χ0v) is 8.51. The van der Waals surface area contributed by atoms with Crippen LogP contribution >= 0.6 is 11.6 Å². The summed E-state index contributed by atoms with van der Waals surface area (Å²) in [7, 11) is 0. The molecule has 0 fully saturated rings. The lowest BCUT2D eigenvalue weighted by Gasteiger charge is -2.11. The summed E-state index contributed by atoms with van der Waals surface area (Å²) in [5.41, 5.74) is 8.05. The van der Waals surface area contributed by atoms with Crippen molar-refractivity contribution in [2.45, 2.75) is 19.4 Å². The third-order valence-corrected chi connectivity index (χ3v) is 2.30. The van der Waals surface area contributed by atoms with E-state index in [0.29, 0.717) is 0 Å². The van der Waals surface area contributed by atoms with Crippen LogP contribution in [0.2, 0.25) is 5.02 Å². The molecule has 1 aromatic rings. The smallest absolute Gasteiger partial charge is 0.0456 e. The molecule has 1 rings (SSSR count). The van der Waals surface area contributed by atoms with Crippen molar-refractivity contribution in [2.75, 3.05) is 0 Å². The Kier molecular flexibility index (Phi) is 3.52. The summed E-state index contributed by atoms with van der Waals surface area (Å²) in [6.07, 6.45) is 2.56. The van der Waals surface area contributed by atoms with Crippen molar-refractivity contribution in [2.24, 2.45) is 5.73 Å². The lowest BCUT2D eigenvalue weighted by atomic mass is 10.0. The average Bonchev–Trinajstić information content (AvgIpc) is 2.04. The SMILES string of the molecule is C=CC[C@@H](N)c1ccc(C)cc1Cl. The molecule has 0 aliphatic heterocycles. The van der Waals surface area contributed by atoms with Crippen LogP contribution in [-0.4, -0.2) is 0 Å². The molecule has 70 valence electrons. The molecule has 0 radical (unpaired) electrons. The third kappa shape index (κ3) is 2.58. The van der Waals surface area contributed by atoms with Gasteiger partial charge in [0.2, 0.25) is 0 Å². The maximum atomic E-state index is 6.05. The van der Waals surface area contributed by atoms with E-state index < -0.39 is 0 Å². The molecule has 1 nitrogen and oxygen atoms in total. The van der Waals surface area contributed by atoms with E-state index in [4.69, 9.17) is 17.3 Å². The molecule has 13 heavy (non-hydrogen) atoms. The Hall–Kier alpha value is -0.790. The fraction of sp³-hybridized carbons (Fsp3) is 0.273. The first-order valence-electron chi connectivity index (χ1n) is 4.27. The molecule has 0 amide bonds. The minimum Gasteiger partial charge on any atom is -0.324 e. The van der Waals surface area contributed by atoms with Gasteiger partial charge < -0.3 is 5.73 Å². The van der Waals surface area contributed by atoms with Gasteiger partial charge in [0.05, 0.1) is 0 Å². The largest absolute Gasteiger partial charge is 0.324 e. The summed E-state index contributed by atoms with van der Waals surface area (Å²) in [5.74, 6) is 0. The molecular weight excluding hydrogens is 182 g/mol. The Morgan fingerprint density at radius 2 is 2.31 bits per heavy atom. The first kappa shape index (κ1) is 10.3. The van der Waals surface area contributed by atoms with Gasteiger partial charge in [-0.25, -0.2) is 0 Å². The van der Waals surface area contributed by atoms with Gasteiger partial charge >= 0.3 is 0 Å². The minimum absolute atomic E-state index is 0.0365. The quantitative estimate of drug-likeness (QED) is 0.737. The zero-order valence-electron chi connectivity index (χ0n) is 7.76. The van der Waals surface area contributed by atoms with Gasteiger partial charge in [-0.05, 0) is 30.5 Å². The lowest BCUT2D eigenvalue weighted by molar-refractivity contribution is 0.742. The number of halogens is 1. The fourth-order valence-electron chi connectivity index (χ4n) is 1.24. The van der Waals surface area contributed by atoms with Crippen LogP contribution < -0.4 is 5.73 Å². The van der Waals surface area contributed by atoms with Crippen LogP contribution in [0.5, 0.6) is 0 Å². The monoisotopic (exact) mass is 195 g/mol. The van der Waals surface area contributed by atoms with Crippen molar-refractivity contribution in [1.29, 1.82) is 0 Å². The number of hydrogen-bond acceptors (Lipinski definition) is 1. The second-order valence-electron chi connectivity index (χ2n) is 3.16. The summed E-state index contributed by atoms with van der Waals surface area (Å²) < 4.78 is 0. The Morgan fingerprint density at radius 1 is 1.62 bits per heavy atom. The Balaban J connectivity index is 2.94. The average molecular weight is 196 g/mol. The highest BCUT2D eigenvalue weighted by molar-refractivity contribution is 6.31. The van der Waals surface area contributed by atoms with Gasteiger partial charge in [0.15, 0.2) is 0 Å². The van der Waals surface area contributed by atoms with E-state index in [9.17, 15) is 0 Å². The molecule has 0 saturated carbocycles. The Labute approximate surface area is 84.2 Å². The van der Waals surface area contributed by atoms with E-state index in [-0.39, 0.29) is 6.04 Å². The molecule has 0 aromatic heterocycles. The normalized spacial score (nSPS) is 12.5. The standard InChI is InChI=1S/C11H14ClN/c1-3-4-11(13)9-6-5-8(2)7-10(9)12/h3,5-7,11H,1,4,13H2,2H3/t11-/m1/s1. The highest BCUT2D eigenvalue weighted by atomic mass is 35.5. The van der Waals surface area contributed by atoms with Gasteiger partial charge in [-0.3, -0.25) is 0 Å². The minimum atomic E-state index is -0.0365. The number of rotatable bonds is 3. The molecule has 0 aliphatic rings. The van der Waals surface area contributed by atoms with Crippen molar-refractivity contribution >= 4 is 11.6 Å². The fourth-order valence-corrected chi connectivity index (χ4v) is 1.61. The van der Waals surface area contributed by atoms with Crippen LogP contribution in [0.15, 0.2) is 30.9 Å². The number of hydrogen-bond donors (Lipinski definition) is 1. The zero-order chi connectivity index (χ0) is 9.84. The summed E-state index contributed by atoms with van der Waals surface area (Å²) in [6.45, 7) is 5.66. The highest BCUT2D eigenvalue weighted by Gasteiger charge is 2.07. The molecule has 0 bridgehead atoms. The molecule has 2 heteroatoms. The van der Waals surface area contributed by atoms with E-state index in [1.807, 2.05) is 25.1 Å². The molecule has 0 spiro atoms. The molecule has 2 N–H and O–H groups in total. The number of benzene rings is 1. The van der Waals surface area contributed by atoms with Crippen molar-refractivity contribution < 1.29 is 0 Å². The second-order valence-corrected chi connectivity index (χ2v) is 3.56. The van der Waals surface area contributed by atoms with E-state index in [1.165, 1.54) is 0 Å². The Morgan fingerprint density at radius 3 is 2.85 bits per heavy atom. The van der Waals surface area contributed by atoms with Crippen LogP contribution in [-0.2, 0) is 0 Å². The van der Waals surface area contributed by atoms with Crippen molar-refractivity contribution in [3.05, 3.63) is 47.0 Å². The van der Waals surface area contributed by atoms with Crippen molar-refractivity contribution in [1.82, 2.24) is 0 Å². The maximum Gasteiger partial charge on any atom is 0.0456 e. The predicted octanol–water partition coefficient (Wildman–Crippen LogP) is 3.22. The van der Waals surface area contributed by atoms with Crippen molar-refractivity contribution in [3.63, 3.8) is 0 Å². The molecule has 0 saturated heterocycles. The summed E-state index contributed by atoms with van der Waals surface area (Å²) in [4.78, 5) is 0. The van der Waals surface area contributed by atoms with Crippen LogP contribution in [0, 0.1) is 6.92 Å². The number of nitrogens with two attached hydrogens (primary N) is 1. The second kappa shape index (κ2) is 4.45. The van der Waals surface area contributed by atoms with Gasteiger partial charge in [-0.2, -0.15) is 0 Å². The molecule has 0 aliphatic carbocycles. The first-order chi connectivity index (χ1) is 6.15. The van der Waals surface area contributed by atoms with E-state index >= 15 is 0 Å². The molecule has 1 atom stereocenters. The van der Waals surface area contributed by atoms with Gasteiger partial charge in [0, 0.05) is 11.1 Å². The first-order valence-corrected chi connectivity index (χ1v) is 4.65. The third-order valence-electron chi connectivity index (χ3n) is 1.98. The van der Waals surface area contributed by atoms with Gasteiger partial charge in [-0.15, -0.1) is 6.58 Å². The summed E-state index contributed by atoms with van der Waals surface area (Å²) in [6, 6.07) is 5.89. The van der Waals surface area contributed by atoms with Crippen LogP contribution in [0.25, 0.3) is 0 Å². The van der Waals surface area contributed by atoms with E-state index in [2.05, 4.69) is 6.58 Å². The van der Waals surface area contributed by atoms with Gasteiger partial charge in [0.25, 0.3) is 0 Å². The summed E-state index contributed by atoms with van der Waals surface area (Å²) in [5, 5.41) is 0.745. The number of aryl methyl sites for hydroxylation is 1. The topological polar surface area (TPSA) is 26.0 Å².